The van der Waals surface area contributed by atoms with Crippen molar-refractivity contribution in [2.45, 2.75) is 6.92 Å². The number of benzene rings is 1. The molecule has 0 aliphatic rings. The highest BCUT2D eigenvalue weighted by Crippen LogP contribution is 2.14. The zero-order valence-electron chi connectivity index (χ0n) is 8.14. The molecule has 1 aromatic carbocycles. The Morgan fingerprint density at radius 2 is 2.13 bits per heavy atom. The van der Waals surface area contributed by atoms with Crippen molar-refractivity contribution in [3.63, 3.8) is 0 Å². The molecule has 0 radical (unpaired) electrons. The number of halogens is 1. The Morgan fingerprint density at radius 3 is 2.80 bits per heavy atom. The Bertz CT molecular complexity index is 505. The number of hydrogen-bond acceptors (Lipinski definition) is 2. The van der Waals surface area contributed by atoms with Gasteiger partial charge in [0.05, 0.1) is 5.69 Å². The molecule has 0 amide bonds. The second-order valence-electron chi connectivity index (χ2n) is 3.19. The number of carbonyl (C=O) groups is 1. The molecule has 0 atom stereocenters. The van der Waals surface area contributed by atoms with E-state index in [1.54, 1.807) is 31.2 Å². The van der Waals surface area contributed by atoms with Gasteiger partial charge in [-0.1, -0.05) is 12.1 Å². The summed E-state index contributed by atoms with van der Waals surface area (Å²) in [6.07, 6.45) is 0.659. The fourth-order valence-electron chi connectivity index (χ4n) is 1.42. The number of para-hydroxylation sites is 1. The van der Waals surface area contributed by atoms with Crippen LogP contribution < -0.4 is 0 Å². The first-order chi connectivity index (χ1) is 7.22. The zero-order chi connectivity index (χ0) is 10.8. The van der Waals surface area contributed by atoms with Crippen molar-refractivity contribution in [2.75, 3.05) is 0 Å². The van der Waals surface area contributed by atoms with Crippen LogP contribution in [0.15, 0.2) is 30.3 Å². The molecule has 4 heteroatoms. The van der Waals surface area contributed by atoms with Crippen LogP contribution in [0.3, 0.4) is 0 Å². The summed E-state index contributed by atoms with van der Waals surface area (Å²) in [7, 11) is 0. The molecule has 0 bridgehead atoms. The Kier molecular flexibility index (Phi) is 2.33. The van der Waals surface area contributed by atoms with Gasteiger partial charge in [0.15, 0.2) is 6.29 Å². The molecule has 0 fully saturated rings. The maximum absolute atomic E-state index is 13.4. The number of carbonyl (C=O) groups excluding carboxylic acids is 1. The number of hydrogen-bond donors (Lipinski definition) is 0. The third-order valence-corrected chi connectivity index (χ3v) is 2.06. The first-order valence-electron chi connectivity index (χ1n) is 4.49. The van der Waals surface area contributed by atoms with Crippen molar-refractivity contribution < 1.29 is 9.18 Å². The highest BCUT2D eigenvalue weighted by Gasteiger charge is 2.09. The van der Waals surface area contributed by atoms with Crippen LogP contribution >= 0.6 is 0 Å². The predicted octanol–water partition coefficient (Wildman–Crippen LogP) is 2.13. The lowest BCUT2D eigenvalue weighted by Crippen LogP contribution is -2.03. The second-order valence-corrected chi connectivity index (χ2v) is 3.19. The van der Waals surface area contributed by atoms with Crippen LogP contribution in [0, 0.1) is 12.7 Å². The zero-order valence-corrected chi connectivity index (χ0v) is 8.14. The fourth-order valence-corrected chi connectivity index (χ4v) is 1.42. The van der Waals surface area contributed by atoms with Crippen molar-refractivity contribution in [1.29, 1.82) is 0 Å². The van der Waals surface area contributed by atoms with E-state index >= 15 is 0 Å². The van der Waals surface area contributed by atoms with E-state index in [2.05, 4.69) is 5.10 Å². The molecule has 0 spiro atoms. The standard InChI is InChI=1S/C11H9FN2O/c1-8-6-9(7-15)14(13-8)11-5-3-2-4-10(11)12/h2-7H,1H3. The molecule has 15 heavy (non-hydrogen) atoms. The van der Waals surface area contributed by atoms with E-state index in [0.717, 1.165) is 0 Å². The van der Waals surface area contributed by atoms with Crippen molar-refractivity contribution in [2.24, 2.45) is 0 Å². The number of aryl methyl sites for hydroxylation is 1. The molecule has 76 valence electrons. The Hall–Kier alpha value is -1.97. The van der Waals surface area contributed by atoms with E-state index in [9.17, 15) is 9.18 Å². The lowest BCUT2D eigenvalue weighted by atomic mass is 10.3. The molecule has 2 rings (SSSR count). The Labute approximate surface area is 86.2 Å². The van der Waals surface area contributed by atoms with Gasteiger partial charge in [0.1, 0.15) is 17.2 Å². The monoisotopic (exact) mass is 204 g/mol. The van der Waals surface area contributed by atoms with Crippen LogP contribution in [0.4, 0.5) is 4.39 Å². The summed E-state index contributed by atoms with van der Waals surface area (Å²) in [6, 6.07) is 7.81. The Morgan fingerprint density at radius 1 is 1.40 bits per heavy atom. The van der Waals surface area contributed by atoms with Crippen LogP contribution in [0.25, 0.3) is 5.69 Å². The summed E-state index contributed by atoms with van der Waals surface area (Å²) in [5.41, 5.74) is 1.31. The minimum absolute atomic E-state index is 0.285. The normalized spacial score (nSPS) is 10.3. The van der Waals surface area contributed by atoms with Crippen molar-refractivity contribution in [3.05, 3.63) is 47.5 Å². The molecule has 0 aliphatic heterocycles. The van der Waals surface area contributed by atoms with Crippen LogP contribution in [0.2, 0.25) is 0 Å². The van der Waals surface area contributed by atoms with E-state index in [1.807, 2.05) is 0 Å². The molecule has 0 saturated carbocycles. The van der Waals surface area contributed by atoms with Gasteiger partial charge in [-0.3, -0.25) is 4.79 Å². The SMILES string of the molecule is Cc1cc(C=O)n(-c2ccccc2F)n1. The van der Waals surface area contributed by atoms with Crippen LogP contribution in [0.5, 0.6) is 0 Å². The topological polar surface area (TPSA) is 34.9 Å². The van der Waals surface area contributed by atoms with Gasteiger partial charge in [-0.05, 0) is 25.1 Å². The average molecular weight is 204 g/mol. The molecule has 0 N–H and O–H groups in total. The number of rotatable bonds is 2. The minimum atomic E-state index is -0.399. The lowest BCUT2D eigenvalue weighted by Gasteiger charge is -2.03. The van der Waals surface area contributed by atoms with Gasteiger partial charge < -0.3 is 0 Å². The van der Waals surface area contributed by atoms with Gasteiger partial charge in [-0.15, -0.1) is 0 Å². The number of nitrogens with zero attached hydrogens (tertiary/aromatic N) is 2. The van der Waals surface area contributed by atoms with Gasteiger partial charge in [-0.2, -0.15) is 5.10 Å². The van der Waals surface area contributed by atoms with Crippen LogP contribution in [0.1, 0.15) is 16.2 Å². The quantitative estimate of drug-likeness (QED) is 0.702. The molecular formula is C11H9FN2O. The van der Waals surface area contributed by atoms with E-state index in [0.29, 0.717) is 17.7 Å². The van der Waals surface area contributed by atoms with E-state index in [1.165, 1.54) is 10.7 Å². The number of aromatic nitrogens is 2. The van der Waals surface area contributed by atoms with E-state index < -0.39 is 5.82 Å². The maximum atomic E-state index is 13.4. The predicted molar refractivity (Wildman–Crippen MR) is 53.6 cm³/mol. The first kappa shape index (κ1) is 9.58. The van der Waals surface area contributed by atoms with Crippen LogP contribution in [-0.2, 0) is 0 Å². The highest BCUT2D eigenvalue weighted by atomic mass is 19.1. The molecule has 2 aromatic rings. The molecule has 1 heterocycles. The molecule has 1 aromatic heterocycles. The van der Waals surface area contributed by atoms with E-state index in [-0.39, 0.29) is 5.69 Å². The third-order valence-electron chi connectivity index (χ3n) is 2.06. The molecule has 0 aliphatic carbocycles. The summed E-state index contributed by atoms with van der Waals surface area (Å²) in [5.74, 6) is -0.399. The third kappa shape index (κ3) is 1.66. The average Bonchev–Trinajstić information content (AvgIpc) is 2.60. The maximum Gasteiger partial charge on any atom is 0.168 e. The molecular weight excluding hydrogens is 195 g/mol. The summed E-state index contributed by atoms with van der Waals surface area (Å²) in [4.78, 5) is 10.7. The van der Waals surface area contributed by atoms with Crippen molar-refractivity contribution >= 4 is 6.29 Å². The van der Waals surface area contributed by atoms with Crippen molar-refractivity contribution in [3.8, 4) is 5.69 Å². The Balaban J connectivity index is 2.63. The van der Waals surface area contributed by atoms with Gasteiger partial charge in [-0.25, -0.2) is 9.07 Å². The second kappa shape index (κ2) is 3.65. The lowest BCUT2D eigenvalue weighted by molar-refractivity contribution is 0.111. The molecule has 3 nitrogen and oxygen atoms in total. The summed E-state index contributed by atoms with van der Waals surface area (Å²) in [6.45, 7) is 1.75. The summed E-state index contributed by atoms with van der Waals surface area (Å²) < 4.78 is 14.7. The number of aldehydes is 1. The smallest absolute Gasteiger partial charge is 0.168 e. The summed E-state index contributed by atoms with van der Waals surface area (Å²) >= 11 is 0. The minimum Gasteiger partial charge on any atom is -0.296 e. The molecule has 0 unspecified atom stereocenters. The first-order valence-corrected chi connectivity index (χ1v) is 4.49. The largest absolute Gasteiger partial charge is 0.296 e. The molecule has 0 saturated heterocycles. The van der Waals surface area contributed by atoms with E-state index in [4.69, 9.17) is 0 Å². The van der Waals surface area contributed by atoms with Gasteiger partial charge in [0.2, 0.25) is 0 Å². The fraction of sp³-hybridized carbons (Fsp3) is 0.0909. The van der Waals surface area contributed by atoms with Crippen molar-refractivity contribution in [1.82, 2.24) is 9.78 Å². The van der Waals surface area contributed by atoms with Gasteiger partial charge in [0, 0.05) is 0 Å². The van der Waals surface area contributed by atoms with Crippen LogP contribution in [-0.4, -0.2) is 16.1 Å². The van der Waals surface area contributed by atoms with Gasteiger partial charge in [0.25, 0.3) is 0 Å². The van der Waals surface area contributed by atoms with Gasteiger partial charge >= 0.3 is 0 Å². The highest BCUT2D eigenvalue weighted by molar-refractivity contribution is 5.73. The summed E-state index contributed by atoms with van der Waals surface area (Å²) in [5, 5.41) is 4.06.